The van der Waals surface area contributed by atoms with Crippen molar-refractivity contribution in [2.75, 3.05) is 7.11 Å². The van der Waals surface area contributed by atoms with Crippen molar-refractivity contribution in [3.8, 4) is 17.1 Å². The van der Waals surface area contributed by atoms with Crippen molar-refractivity contribution in [1.82, 2.24) is 19.5 Å². The lowest BCUT2D eigenvalue weighted by Gasteiger charge is -2.04. The van der Waals surface area contributed by atoms with Crippen molar-refractivity contribution < 1.29 is 30.8 Å². The third kappa shape index (κ3) is 4.68. The highest BCUT2D eigenvalue weighted by molar-refractivity contribution is 7.89. The van der Waals surface area contributed by atoms with Gasteiger partial charge >= 0.3 is 12.1 Å². The van der Waals surface area contributed by atoms with Gasteiger partial charge in [-0.3, -0.25) is 0 Å². The van der Waals surface area contributed by atoms with Gasteiger partial charge in [-0.05, 0) is 29.8 Å². The first-order valence-corrected chi connectivity index (χ1v) is 10.7. The molecule has 0 bridgehead atoms. The molecule has 0 fully saturated rings. The van der Waals surface area contributed by atoms with Crippen molar-refractivity contribution in [1.29, 1.82) is 0 Å². The molecule has 0 atom stereocenters. The lowest BCUT2D eigenvalue weighted by molar-refractivity contribution is -0.159. The highest BCUT2D eigenvalue weighted by Crippen LogP contribution is 2.29. The van der Waals surface area contributed by atoms with Gasteiger partial charge in [-0.15, -0.1) is 0 Å². The Kier molecular flexibility index (Phi) is 5.17. The van der Waals surface area contributed by atoms with Crippen LogP contribution in [0.25, 0.3) is 17.0 Å². The minimum atomic E-state index is -4.74. The molecule has 0 N–H and O–H groups in total. The molecule has 31 heavy (non-hydrogen) atoms. The SMILES string of the molecule is COc1ccc(CS(=O)(=O)Cc2cn3cc(-c4noc(C(F)(F)F)n4)ccc3n2)cc1. The molecule has 0 aliphatic rings. The summed E-state index contributed by atoms with van der Waals surface area (Å²) in [4.78, 5) is 7.61. The Morgan fingerprint density at radius 1 is 1.03 bits per heavy atom. The second kappa shape index (κ2) is 7.69. The average Bonchev–Trinajstić information content (AvgIpc) is 3.33. The molecule has 162 valence electrons. The molecule has 12 heteroatoms. The van der Waals surface area contributed by atoms with Gasteiger partial charge in [0.25, 0.3) is 0 Å². The molecule has 4 rings (SSSR count). The molecule has 0 spiro atoms. The minimum Gasteiger partial charge on any atom is -0.497 e. The van der Waals surface area contributed by atoms with Crippen LogP contribution in [0.4, 0.5) is 13.2 Å². The molecule has 4 aromatic rings. The van der Waals surface area contributed by atoms with Gasteiger partial charge < -0.3 is 13.7 Å². The first kappa shape index (κ1) is 20.8. The van der Waals surface area contributed by atoms with E-state index in [1.807, 2.05) is 0 Å². The van der Waals surface area contributed by atoms with Crippen LogP contribution in [0.2, 0.25) is 0 Å². The summed E-state index contributed by atoms with van der Waals surface area (Å²) in [5.41, 5.74) is 1.61. The van der Waals surface area contributed by atoms with Crippen LogP contribution in [0.3, 0.4) is 0 Å². The van der Waals surface area contributed by atoms with E-state index >= 15 is 0 Å². The number of nitrogens with zero attached hydrogens (tertiary/aromatic N) is 4. The standard InChI is InChI=1S/C19H15F3N4O4S/c1-29-15-5-2-12(3-6-15)10-31(27,28)11-14-9-26-8-13(4-7-16(26)23-14)17-24-18(30-25-17)19(20,21)22/h2-9H,10-11H2,1H3. The molecule has 3 heterocycles. The molecule has 0 aliphatic heterocycles. The van der Waals surface area contributed by atoms with Crippen molar-refractivity contribution in [3.63, 3.8) is 0 Å². The maximum atomic E-state index is 12.7. The molecule has 8 nitrogen and oxygen atoms in total. The van der Waals surface area contributed by atoms with E-state index < -0.39 is 21.9 Å². The quantitative estimate of drug-likeness (QED) is 0.441. The normalized spacial score (nSPS) is 12.4. The number of hydrogen-bond donors (Lipinski definition) is 0. The van der Waals surface area contributed by atoms with Crippen molar-refractivity contribution >= 4 is 15.5 Å². The number of imidazole rings is 1. The van der Waals surface area contributed by atoms with Crippen molar-refractivity contribution in [2.24, 2.45) is 0 Å². The number of halogens is 3. The lowest BCUT2D eigenvalue weighted by Crippen LogP contribution is -2.07. The van der Waals surface area contributed by atoms with Crippen LogP contribution in [0.5, 0.6) is 5.75 Å². The summed E-state index contributed by atoms with van der Waals surface area (Å²) in [5.74, 6) is -1.52. The predicted molar refractivity (Wildman–Crippen MR) is 103 cm³/mol. The Hall–Kier alpha value is -3.41. The second-order valence-corrected chi connectivity index (χ2v) is 8.78. The molecule has 1 aromatic carbocycles. The van der Waals surface area contributed by atoms with E-state index in [4.69, 9.17) is 4.74 Å². The highest BCUT2D eigenvalue weighted by atomic mass is 32.2. The lowest BCUT2D eigenvalue weighted by atomic mass is 10.2. The Morgan fingerprint density at radius 2 is 1.77 bits per heavy atom. The van der Waals surface area contributed by atoms with Gasteiger partial charge in [0.2, 0.25) is 5.82 Å². The van der Waals surface area contributed by atoms with Crippen LogP contribution >= 0.6 is 0 Å². The Morgan fingerprint density at radius 3 is 2.42 bits per heavy atom. The summed E-state index contributed by atoms with van der Waals surface area (Å²) < 4.78 is 73.9. The predicted octanol–water partition coefficient (Wildman–Crippen LogP) is 3.53. The summed E-state index contributed by atoms with van der Waals surface area (Å²) >= 11 is 0. The third-order valence-corrected chi connectivity index (χ3v) is 5.85. The van der Waals surface area contributed by atoms with E-state index in [9.17, 15) is 21.6 Å². The molecular weight excluding hydrogens is 437 g/mol. The van der Waals surface area contributed by atoms with Gasteiger partial charge in [-0.1, -0.05) is 17.3 Å². The summed E-state index contributed by atoms with van der Waals surface area (Å²) in [6, 6.07) is 9.71. The molecule has 0 unspecified atom stereocenters. The average molecular weight is 452 g/mol. The summed E-state index contributed by atoms with van der Waals surface area (Å²) in [5, 5.41) is 3.34. The number of alkyl halides is 3. The number of benzene rings is 1. The van der Waals surface area contributed by atoms with Gasteiger partial charge in [-0.25, -0.2) is 13.4 Å². The minimum absolute atomic E-state index is 0.167. The van der Waals surface area contributed by atoms with Gasteiger partial charge in [0.05, 0.1) is 24.3 Å². The zero-order valence-electron chi connectivity index (χ0n) is 16.0. The summed E-state index contributed by atoms with van der Waals surface area (Å²) in [6.45, 7) is 0. The van der Waals surface area contributed by atoms with E-state index in [-0.39, 0.29) is 22.9 Å². The van der Waals surface area contributed by atoms with Crippen LogP contribution < -0.4 is 4.74 Å². The molecule has 0 amide bonds. The van der Waals surface area contributed by atoms with Crippen LogP contribution in [-0.2, 0) is 27.5 Å². The first-order valence-electron chi connectivity index (χ1n) is 8.85. The zero-order valence-corrected chi connectivity index (χ0v) is 16.8. The number of hydrogen-bond acceptors (Lipinski definition) is 7. The fourth-order valence-electron chi connectivity index (χ4n) is 2.95. The van der Waals surface area contributed by atoms with Gasteiger partial charge in [0.1, 0.15) is 11.4 Å². The molecular formula is C19H15F3N4O4S. The van der Waals surface area contributed by atoms with E-state index in [0.717, 1.165) is 0 Å². The van der Waals surface area contributed by atoms with Crippen LogP contribution in [0, 0.1) is 0 Å². The summed E-state index contributed by atoms with van der Waals surface area (Å²) in [6.07, 6.45) is -1.79. The first-order chi connectivity index (χ1) is 14.6. The van der Waals surface area contributed by atoms with Gasteiger partial charge in [0, 0.05) is 18.0 Å². The second-order valence-electron chi connectivity index (χ2n) is 6.72. The smallest absolute Gasteiger partial charge is 0.471 e. The fraction of sp³-hybridized carbons (Fsp3) is 0.211. The van der Waals surface area contributed by atoms with Crippen molar-refractivity contribution in [3.05, 3.63) is 65.9 Å². The molecule has 0 aliphatic carbocycles. The van der Waals surface area contributed by atoms with Crippen LogP contribution in [-0.4, -0.2) is 35.1 Å². The number of sulfone groups is 1. The van der Waals surface area contributed by atoms with E-state index in [1.165, 1.54) is 36.0 Å². The van der Waals surface area contributed by atoms with E-state index in [2.05, 4.69) is 19.6 Å². The number of methoxy groups -OCH3 is 1. The fourth-order valence-corrected chi connectivity index (χ4v) is 4.35. The number of fused-ring (bicyclic) bond motifs is 1. The van der Waals surface area contributed by atoms with E-state index in [1.54, 1.807) is 24.3 Å². The topological polar surface area (TPSA) is 99.6 Å². The molecule has 0 saturated heterocycles. The Bertz CT molecular complexity index is 1330. The molecule has 0 saturated carbocycles. The van der Waals surface area contributed by atoms with Crippen LogP contribution in [0.1, 0.15) is 17.1 Å². The third-order valence-electron chi connectivity index (χ3n) is 4.34. The largest absolute Gasteiger partial charge is 0.497 e. The van der Waals surface area contributed by atoms with Gasteiger partial charge in [-0.2, -0.15) is 18.2 Å². The number of ether oxygens (including phenoxy) is 1. The molecule has 0 radical (unpaired) electrons. The van der Waals surface area contributed by atoms with Crippen LogP contribution in [0.15, 0.2) is 53.3 Å². The number of aromatic nitrogens is 4. The highest BCUT2D eigenvalue weighted by Gasteiger charge is 2.38. The van der Waals surface area contributed by atoms with Crippen molar-refractivity contribution in [2.45, 2.75) is 17.7 Å². The van der Waals surface area contributed by atoms with Gasteiger partial charge in [0.15, 0.2) is 9.84 Å². The monoisotopic (exact) mass is 452 g/mol. The maximum absolute atomic E-state index is 12.7. The maximum Gasteiger partial charge on any atom is 0.471 e. The number of rotatable bonds is 6. The Labute approximate surface area is 174 Å². The number of pyridine rings is 1. The Balaban J connectivity index is 1.54. The zero-order chi connectivity index (χ0) is 22.2. The van der Waals surface area contributed by atoms with E-state index in [0.29, 0.717) is 22.7 Å². The molecule has 3 aromatic heterocycles. The summed E-state index contributed by atoms with van der Waals surface area (Å²) in [7, 11) is -1.99.